The van der Waals surface area contributed by atoms with Crippen molar-refractivity contribution in [3.63, 3.8) is 0 Å². The molecule has 0 aromatic carbocycles. The smallest absolute Gasteiger partial charge is 0.317 e. The van der Waals surface area contributed by atoms with E-state index in [4.69, 9.17) is 10.2 Å². The van der Waals surface area contributed by atoms with Gasteiger partial charge in [0, 0.05) is 20.1 Å². The summed E-state index contributed by atoms with van der Waals surface area (Å²) in [6.07, 6.45) is 0. The van der Waals surface area contributed by atoms with Crippen LogP contribution in [0.1, 0.15) is 13.8 Å². The second-order valence-corrected chi connectivity index (χ2v) is 4.02. The molecular formula is C10H20N2O4. The summed E-state index contributed by atoms with van der Waals surface area (Å²) in [4.78, 5) is 23.5. The van der Waals surface area contributed by atoms with Crippen molar-refractivity contribution in [3.05, 3.63) is 0 Å². The van der Waals surface area contributed by atoms with Crippen molar-refractivity contribution in [1.29, 1.82) is 0 Å². The molecule has 0 fully saturated rings. The minimum Gasteiger partial charge on any atom is -0.481 e. The molecule has 0 aliphatic rings. The molecule has 0 heterocycles. The van der Waals surface area contributed by atoms with E-state index in [1.54, 1.807) is 13.8 Å². The lowest BCUT2D eigenvalue weighted by Crippen LogP contribution is -2.43. The molecule has 0 aliphatic heterocycles. The Bertz CT molecular complexity index is 243. The zero-order valence-electron chi connectivity index (χ0n) is 9.93. The van der Waals surface area contributed by atoms with Crippen molar-refractivity contribution >= 4 is 12.0 Å². The van der Waals surface area contributed by atoms with Crippen molar-refractivity contribution < 1.29 is 19.8 Å². The van der Waals surface area contributed by atoms with Crippen LogP contribution in [0.2, 0.25) is 0 Å². The highest BCUT2D eigenvalue weighted by molar-refractivity contribution is 5.75. The molecule has 0 aromatic rings. The molecule has 0 spiro atoms. The van der Waals surface area contributed by atoms with E-state index in [2.05, 4.69) is 5.32 Å². The number of amides is 2. The Morgan fingerprint density at radius 3 is 2.31 bits per heavy atom. The van der Waals surface area contributed by atoms with Crippen LogP contribution in [0.4, 0.5) is 4.79 Å². The summed E-state index contributed by atoms with van der Waals surface area (Å²) in [6, 6.07) is -0.374. The largest absolute Gasteiger partial charge is 0.481 e. The van der Waals surface area contributed by atoms with Crippen LogP contribution in [0.15, 0.2) is 0 Å². The summed E-state index contributed by atoms with van der Waals surface area (Å²) < 4.78 is 0. The van der Waals surface area contributed by atoms with Crippen LogP contribution in [0.3, 0.4) is 0 Å². The minimum absolute atomic E-state index is 0.0408. The maximum atomic E-state index is 11.4. The van der Waals surface area contributed by atoms with E-state index in [0.717, 1.165) is 0 Å². The van der Waals surface area contributed by atoms with Crippen LogP contribution in [0, 0.1) is 11.8 Å². The molecule has 3 N–H and O–H groups in total. The van der Waals surface area contributed by atoms with Gasteiger partial charge in [-0.05, 0) is 5.92 Å². The predicted octanol–water partition coefficient (Wildman–Crippen LogP) is -0.0231. The zero-order chi connectivity index (χ0) is 12.7. The van der Waals surface area contributed by atoms with Gasteiger partial charge >= 0.3 is 12.0 Å². The molecule has 6 nitrogen and oxygen atoms in total. The monoisotopic (exact) mass is 232 g/mol. The first-order valence-electron chi connectivity index (χ1n) is 5.22. The number of carbonyl (C=O) groups is 2. The standard InChI is InChI=1S/C10H20N2O4/c1-7(2)8(9(14)15)6-11-10(16)12(3)4-5-13/h7-8,13H,4-6H2,1-3H3,(H,11,16)(H,14,15). The van der Waals surface area contributed by atoms with Gasteiger partial charge in [-0.1, -0.05) is 13.8 Å². The minimum atomic E-state index is -0.917. The number of carbonyl (C=O) groups excluding carboxylic acids is 1. The maximum absolute atomic E-state index is 11.4. The van der Waals surface area contributed by atoms with Gasteiger partial charge in [-0.25, -0.2) is 4.79 Å². The first-order valence-corrected chi connectivity index (χ1v) is 5.22. The third kappa shape index (κ3) is 4.97. The quantitative estimate of drug-likeness (QED) is 0.600. The summed E-state index contributed by atoms with van der Waals surface area (Å²) in [6.45, 7) is 3.80. The molecule has 0 aliphatic carbocycles. The summed E-state index contributed by atoms with van der Waals surface area (Å²) in [5.74, 6) is -1.55. The first kappa shape index (κ1) is 14.7. The summed E-state index contributed by atoms with van der Waals surface area (Å²) in [7, 11) is 1.54. The fraction of sp³-hybridized carbons (Fsp3) is 0.800. The fourth-order valence-electron chi connectivity index (χ4n) is 1.19. The lowest BCUT2D eigenvalue weighted by atomic mass is 9.96. The highest BCUT2D eigenvalue weighted by atomic mass is 16.4. The molecule has 6 heteroatoms. The number of nitrogens with one attached hydrogen (secondary N) is 1. The molecular weight excluding hydrogens is 212 g/mol. The normalized spacial score (nSPS) is 12.3. The van der Waals surface area contributed by atoms with Crippen molar-refractivity contribution in [2.75, 3.05) is 26.7 Å². The Kier molecular flexibility index (Phi) is 6.48. The number of carboxylic acids is 1. The summed E-state index contributed by atoms with van der Waals surface area (Å²) in [5, 5.41) is 20.0. The van der Waals surface area contributed by atoms with Crippen LogP contribution in [-0.2, 0) is 4.79 Å². The molecule has 2 amide bonds. The zero-order valence-corrected chi connectivity index (χ0v) is 9.93. The van der Waals surface area contributed by atoms with Crippen molar-refractivity contribution in [3.8, 4) is 0 Å². The summed E-state index contributed by atoms with van der Waals surface area (Å²) in [5.41, 5.74) is 0. The summed E-state index contributed by atoms with van der Waals surface area (Å²) >= 11 is 0. The number of likely N-dealkylation sites (N-methyl/N-ethyl adjacent to an activating group) is 1. The fourth-order valence-corrected chi connectivity index (χ4v) is 1.19. The Morgan fingerprint density at radius 2 is 1.94 bits per heavy atom. The van der Waals surface area contributed by atoms with Crippen molar-refractivity contribution in [1.82, 2.24) is 10.2 Å². The van der Waals surface area contributed by atoms with E-state index in [9.17, 15) is 9.59 Å². The molecule has 0 saturated heterocycles. The number of aliphatic carboxylic acids is 1. The van der Waals surface area contributed by atoms with Crippen LogP contribution >= 0.6 is 0 Å². The number of rotatable bonds is 6. The molecule has 0 rings (SSSR count). The van der Waals surface area contributed by atoms with Gasteiger partial charge in [-0.2, -0.15) is 0 Å². The average Bonchev–Trinajstić information content (AvgIpc) is 2.16. The Hall–Kier alpha value is -1.30. The predicted molar refractivity (Wildman–Crippen MR) is 59.1 cm³/mol. The average molecular weight is 232 g/mol. The van der Waals surface area contributed by atoms with E-state index in [1.165, 1.54) is 11.9 Å². The van der Waals surface area contributed by atoms with Crippen molar-refractivity contribution in [2.24, 2.45) is 11.8 Å². The third-order valence-electron chi connectivity index (χ3n) is 2.38. The highest BCUT2D eigenvalue weighted by Gasteiger charge is 2.22. The number of aliphatic hydroxyl groups excluding tert-OH is 1. The SMILES string of the molecule is CC(C)C(CNC(=O)N(C)CCO)C(=O)O. The lowest BCUT2D eigenvalue weighted by molar-refractivity contribution is -0.142. The molecule has 0 radical (unpaired) electrons. The van der Waals surface area contributed by atoms with E-state index in [-0.39, 0.29) is 31.6 Å². The van der Waals surface area contributed by atoms with Crippen LogP contribution in [0.5, 0.6) is 0 Å². The van der Waals surface area contributed by atoms with Crippen LogP contribution in [0.25, 0.3) is 0 Å². The molecule has 0 bridgehead atoms. The first-order chi connectivity index (χ1) is 7.40. The third-order valence-corrected chi connectivity index (χ3v) is 2.38. The van der Waals surface area contributed by atoms with Gasteiger partial charge in [0.25, 0.3) is 0 Å². The molecule has 1 atom stereocenters. The Labute approximate surface area is 95.2 Å². The van der Waals surface area contributed by atoms with Gasteiger partial charge in [0.05, 0.1) is 12.5 Å². The lowest BCUT2D eigenvalue weighted by Gasteiger charge is -2.20. The Balaban J connectivity index is 4.11. The molecule has 0 aromatic heterocycles. The van der Waals surface area contributed by atoms with E-state index < -0.39 is 11.9 Å². The van der Waals surface area contributed by atoms with Gasteiger partial charge in [0.1, 0.15) is 0 Å². The van der Waals surface area contributed by atoms with Gasteiger partial charge in [-0.15, -0.1) is 0 Å². The van der Waals surface area contributed by atoms with Crippen molar-refractivity contribution in [2.45, 2.75) is 13.8 Å². The number of aliphatic hydroxyl groups is 1. The number of nitrogens with zero attached hydrogens (tertiary/aromatic N) is 1. The second kappa shape index (κ2) is 7.05. The Morgan fingerprint density at radius 1 is 1.38 bits per heavy atom. The number of hydrogen-bond donors (Lipinski definition) is 3. The van der Waals surface area contributed by atoms with E-state index in [0.29, 0.717) is 0 Å². The van der Waals surface area contributed by atoms with E-state index in [1.807, 2.05) is 0 Å². The molecule has 0 saturated carbocycles. The van der Waals surface area contributed by atoms with Gasteiger partial charge < -0.3 is 20.4 Å². The van der Waals surface area contributed by atoms with Gasteiger partial charge in [0.2, 0.25) is 0 Å². The van der Waals surface area contributed by atoms with E-state index >= 15 is 0 Å². The molecule has 1 unspecified atom stereocenters. The van der Waals surface area contributed by atoms with Crippen LogP contribution < -0.4 is 5.32 Å². The molecule has 94 valence electrons. The van der Waals surface area contributed by atoms with Gasteiger partial charge in [-0.3, -0.25) is 4.79 Å². The number of carboxylic acid groups (broad SMARTS) is 1. The highest BCUT2D eigenvalue weighted by Crippen LogP contribution is 2.09. The van der Waals surface area contributed by atoms with Crippen LogP contribution in [-0.4, -0.2) is 53.9 Å². The number of hydrogen-bond acceptors (Lipinski definition) is 3. The topological polar surface area (TPSA) is 89.9 Å². The maximum Gasteiger partial charge on any atom is 0.317 e. The molecule has 16 heavy (non-hydrogen) atoms. The van der Waals surface area contributed by atoms with Gasteiger partial charge in [0.15, 0.2) is 0 Å². The number of urea groups is 1. The second-order valence-electron chi connectivity index (χ2n) is 4.02.